The maximum absolute atomic E-state index is 13.4. The van der Waals surface area contributed by atoms with E-state index >= 15 is 0 Å². The van der Waals surface area contributed by atoms with E-state index in [-0.39, 0.29) is 23.8 Å². The van der Waals surface area contributed by atoms with Crippen LogP contribution in [-0.2, 0) is 21.9 Å². The Hall–Kier alpha value is -2.42. The van der Waals surface area contributed by atoms with E-state index in [1.54, 1.807) is 6.92 Å². The van der Waals surface area contributed by atoms with Gasteiger partial charge in [0.1, 0.15) is 11.6 Å². The van der Waals surface area contributed by atoms with Gasteiger partial charge in [-0.25, -0.2) is 4.39 Å². The van der Waals surface area contributed by atoms with Gasteiger partial charge < -0.3 is 4.74 Å². The van der Waals surface area contributed by atoms with Crippen LogP contribution in [0.1, 0.15) is 67.4 Å². The topological polar surface area (TPSA) is 26.3 Å². The summed E-state index contributed by atoms with van der Waals surface area (Å²) in [7, 11) is 0. The third kappa shape index (κ3) is 5.75. The molecular formula is C24H23F7O2. The van der Waals surface area contributed by atoms with Crippen LogP contribution < -0.4 is 0 Å². The van der Waals surface area contributed by atoms with E-state index in [1.165, 1.54) is 31.2 Å². The summed E-state index contributed by atoms with van der Waals surface area (Å²) in [5.41, 5.74) is -2.45. The molecule has 4 atom stereocenters. The lowest BCUT2D eigenvalue weighted by Gasteiger charge is -2.28. The summed E-state index contributed by atoms with van der Waals surface area (Å²) in [4.78, 5) is 12.5. The molecule has 1 saturated carbocycles. The predicted octanol–water partition coefficient (Wildman–Crippen LogP) is 7.48. The van der Waals surface area contributed by atoms with E-state index in [4.69, 9.17) is 4.74 Å². The first kappa shape index (κ1) is 25.2. The Balaban J connectivity index is 1.94. The van der Waals surface area contributed by atoms with Crippen molar-refractivity contribution in [3.05, 3.63) is 70.5 Å². The molecule has 3 rings (SSSR count). The Morgan fingerprint density at radius 1 is 0.970 bits per heavy atom. The second-order valence-corrected chi connectivity index (χ2v) is 8.24. The Bertz CT molecular complexity index is 948. The van der Waals surface area contributed by atoms with Crippen LogP contribution in [0.4, 0.5) is 30.7 Å². The number of carbonyl (C=O) groups excluding carboxylic acids is 1. The van der Waals surface area contributed by atoms with Crippen molar-refractivity contribution in [1.29, 1.82) is 0 Å². The molecular weight excluding hydrogens is 453 g/mol. The molecule has 2 aromatic rings. The summed E-state index contributed by atoms with van der Waals surface area (Å²) in [6, 6.07) is 6.90. The summed E-state index contributed by atoms with van der Waals surface area (Å²) in [6.45, 7) is 3.09. The molecule has 0 heterocycles. The number of carbonyl (C=O) groups is 1. The van der Waals surface area contributed by atoms with Crippen molar-refractivity contribution in [2.45, 2.75) is 63.6 Å². The number of alkyl halides is 6. The molecule has 0 unspecified atom stereocenters. The van der Waals surface area contributed by atoms with Gasteiger partial charge in [-0.05, 0) is 61.2 Å². The Labute approximate surface area is 186 Å². The second-order valence-electron chi connectivity index (χ2n) is 8.24. The lowest BCUT2D eigenvalue weighted by Crippen LogP contribution is -2.26. The normalized spacial score (nSPS) is 22.4. The minimum atomic E-state index is -4.96. The van der Waals surface area contributed by atoms with E-state index in [0.717, 1.165) is 0 Å². The van der Waals surface area contributed by atoms with Gasteiger partial charge in [-0.2, -0.15) is 26.3 Å². The largest absolute Gasteiger partial charge is 0.416 e. The van der Waals surface area contributed by atoms with E-state index in [0.29, 0.717) is 30.5 Å². The van der Waals surface area contributed by atoms with Gasteiger partial charge in [0.15, 0.2) is 0 Å². The molecule has 0 spiro atoms. The number of benzene rings is 2. The SMILES string of the molecule is CCC(=O)[C@@H]1CC[C@H](O[C@H](C)c2cc(C(F)(F)F)cc(C(F)(F)F)c2)[C@H]1c1ccc(F)cc1. The van der Waals surface area contributed by atoms with Crippen LogP contribution in [0.2, 0.25) is 0 Å². The van der Waals surface area contributed by atoms with Crippen LogP contribution in [0.3, 0.4) is 0 Å². The van der Waals surface area contributed by atoms with Crippen LogP contribution in [0.5, 0.6) is 0 Å². The molecule has 1 aliphatic rings. The average molecular weight is 476 g/mol. The summed E-state index contributed by atoms with van der Waals surface area (Å²) >= 11 is 0. The highest BCUT2D eigenvalue weighted by Crippen LogP contribution is 2.45. The van der Waals surface area contributed by atoms with Crippen LogP contribution in [-0.4, -0.2) is 11.9 Å². The number of Topliss-reactive ketones (excluding diaryl/α,β-unsaturated/α-hetero) is 1. The summed E-state index contributed by atoms with van der Waals surface area (Å²) in [5.74, 6) is -1.40. The molecule has 1 aliphatic carbocycles. The minimum absolute atomic E-state index is 0.0264. The van der Waals surface area contributed by atoms with E-state index in [2.05, 4.69) is 0 Å². The molecule has 0 amide bonds. The molecule has 0 aromatic heterocycles. The minimum Gasteiger partial charge on any atom is -0.370 e. The zero-order valence-electron chi connectivity index (χ0n) is 17.9. The van der Waals surface area contributed by atoms with Gasteiger partial charge in [0, 0.05) is 18.3 Å². The smallest absolute Gasteiger partial charge is 0.370 e. The lowest BCUT2D eigenvalue weighted by atomic mass is 9.84. The fourth-order valence-electron chi connectivity index (χ4n) is 4.42. The third-order valence-corrected chi connectivity index (χ3v) is 6.07. The van der Waals surface area contributed by atoms with Crippen molar-refractivity contribution in [2.24, 2.45) is 5.92 Å². The molecule has 0 aliphatic heterocycles. The van der Waals surface area contributed by atoms with Gasteiger partial charge in [-0.3, -0.25) is 4.79 Å². The molecule has 1 fully saturated rings. The first-order chi connectivity index (χ1) is 15.3. The van der Waals surface area contributed by atoms with Gasteiger partial charge >= 0.3 is 12.4 Å². The molecule has 2 aromatic carbocycles. The zero-order valence-corrected chi connectivity index (χ0v) is 17.9. The van der Waals surface area contributed by atoms with Crippen molar-refractivity contribution in [1.82, 2.24) is 0 Å². The first-order valence-corrected chi connectivity index (χ1v) is 10.5. The van der Waals surface area contributed by atoms with Gasteiger partial charge in [0.2, 0.25) is 0 Å². The number of rotatable bonds is 6. The zero-order chi connectivity index (χ0) is 24.6. The van der Waals surface area contributed by atoms with Crippen molar-refractivity contribution in [3.8, 4) is 0 Å². The summed E-state index contributed by atoms with van der Waals surface area (Å²) in [6.07, 6.45) is -10.5. The molecule has 0 N–H and O–H groups in total. The van der Waals surface area contributed by atoms with Gasteiger partial charge in [-0.15, -0.1) is 0 Å². The van der Waals surface area contributed by atoms with Gasteiger partial charge in [0.25, 0.3) is 0 Å². The highest BCUT2D eigenvalue weighted by atomic mass is 19.4. The molecule has 9 heteroatoms. The third-order valence-electron chi connectivity index (χ3n) is 6.07. The van der Waals surface area contributed by atoms with Crippen LogP contribution in [0, 0.1) is 11.7 Å². The number of halogens is 7. The average Bonchev–Trinajstić information content (AvgIpc) is 3.15. The van der Waals surface area contributed by atoms with Crippen molar-refractivity contribution < 1.29 is 40.3 Å². The fourth-order valence-corrected chi connectivity index (χ4v) is 4.42. The monoisotopic (exact) mass is 476 g/mol. The molecule has 33 heavy (non-hydrogen) atoms. The van der Waals surface area contributed by atoms with Crippen LogP contribution in [0.25, 0.3) is 0 Å². The van der Waals surface area contributed by atoms with Crippen LogP contribution >= 0.6 is 0 Å². The number of ether oxygens (including phenoxy) is 1. The van der Waals surface area contributed by atoms with E-state index in [9.17, 15) is 35.5 Å². The summed E-state index contributed by atoms with van der Waals surface area (Å²) < 4.78 is 98.7. The fraction of sp³-hybridized carbons (Fsp3) is 0.458. The quantitative estimate of drug-likeness (QED) is 0.404. The number of hydrogen-bond acceptors (Lipinski definition) is 2. The van der Waals surface area contributed by atoms with Crippen molar-refractivity contribution in [2.75, 3.05) is 0 Å². The first-order valence-electron chi connectivity index (χ1n) is 10.5. The molecule has 0 radical (unpaired) electrons. The predicted molar refractivity (Wildman–Crippen MR) is 107 cm³/mol. The van der Waals surface area contributed by atoms with Gasteiger partial charge in [0.05, 0.1) is 23.3 Å². The van der Waals surface area contributed by atoms with E-state index in [1.807, 2.05) is 0 Å². The number of hydrogen-bond donors (Lipinski definition) is 0. The Morgan fingerprint density at radius 3 is 2.00 bits per heavy atom. The standard InChI is InChI=1S/C24H23F7O2/c1-3-20(32)19-8-9-21(22(19)14-4-6-18(25)7-5-14)33-13(2)15-10-16(23(26,27)28)12-17(11-15)24(29,30)31/h4-7,10-13,19,21-22H,3,8-9H2,1-2H3/t13-,19+,21+,22+/m1/s1. The highest BCUT2D eigenvalue weighted by molar-refractivity contribution is 5.82. The summed E-state index contributed by atoms with van der Waals surface area (Å²) in [5, 5.41) is 0. The lowest BCUT2D eigenvalue weighted by molar-refractivity contribution is -0.143. The molecule has 0 bridgehead atoms. The highest BCUT2D eigenvalue weighted by Gasteiger charge is 2.42. The Kier molecular flexibility index (Phi) is 7.21. The molecule has 0 saturated heterocycles. The molecule has 180 valence electrons. The van der Waals surface area contributed by atoms with Crippen LogP contribution in [0.15, 0.2) is 42.5 Å². The van der Waals surface area contributed by atoms with Crippen molar-refractivity contribution in [3.63, 3.8) is 0 Å². The maximum Gasteiger partial charge on any atom is 0.416 e. The van der Waals surface area contributed by atoms with Crippen molar-refractivity contribution >= 4 is 5.78 Å². The number of ketones is 1. The van der Waals surface area contributed by atoms with Gasteiger partial charge in [-0.1, -0.05) is 19.1 Å². The second kappa shape index (κ2) is 9.44. The maximum atomic E-state index is 13.4. The molecule has 2 nitrogen and oxygen atoms in total. The van der Waals surface area contributed by atoms with E-state index < -0.39 is 53.3 Å². The Morgan fingerprint density at radius 2 is 1.52 bits per heavy atom.